The van der Waals surface area contributed by atoms with Crippen LogP contribution in [0.25, 0.3) is 11.3 Å². The number of benzene rings is 2. The maximum atomic E-state index is 13.1. The Balaban J connectivity index is 1.43. The van der Waals surface area contributed by atoms with Crippen LogP contribution >= 0.6 is 0 Å². The lowest BCUT2D eigenvalue weighted by Gasteiger charge is -2.13. The minimum absolute atomic E-state index is 0.0853. The summed E-state index contributed by atoms with van der Waals surface area (Å²) in [6.07, 6.45) is 4.60. The summed E-state index contributed by atoms with van der Waals surface area (Å²) >= 11 is 0. The molecule has 0 bridgehead atoms. The Labute approximate surface area is 185 Å². The van der Waals surface area contributed by atoms with Gasteiger partial charge in [0, 0.05) is 34.3 Å². The van der Waals surface area contributed by atoms with E-state index >= 15 is 0 Å². The van der Waals surface area contributed by atoms with Gasteiger partial charge < -0.3 is 14.5 Å². The molecule has 160 valence electrons. The lowest BCUT2D eigenvalue weighted by atomic mass is 9.99. The number of carbonyl (C=O) groups is 2. The van der Waals surface area contributed by atoms with E-state index in [1.807, 2.05) is 13.0 Å². The van der Waals surface area contributed by atoms with Crippen LogP contribution in [0.5, 0.6) is 0 Å². The molecule has 32 heavy (non-hydrogen) atoms. The van der Waals surface area contributed by atoms with E-state index in [1.165, 1.54) is 6.39 Å². The third-order valence-electron chi connectivity index (χ3n) is 4.97. The zero-order valence-corrected chi connectivity index (χ0v) is 17.7. The number of hydrogen-bond donors (Lipinski definition) is 1. The Morgan fingerprint density at radius 1 is 1.03 bits per heavy atom. The summed E-state index contributed by atoms with van der Waals surface area (Å²) in [6, 6.07) is 15.8. The molecule has 1 N–H and O–H groups in total. The fourth-order valence-electron chi connectivity index (χ4n) is 3.26. The zero-order valence-electron chi connectivity index (χ0n) is 17.7. The van der Waals surface area contributed by atoms with E-state index in [0.717, 1.165) is 11.1 Å². The number of oxazole rings is 1. The second kappa shape index (κ2) is 9.26. The van der Waals surface area contributed by atoms with Crippen molar-refractivity contribution in [2.24, 2.45) is 0 Å². The Morgan fingerprint density at radius 3 is 2.56 bits per heavy atom. The Kier molecular flexibility index (Phi) is 6.07. The summed E-state index contributed by atoms with van der Waals surface area (Å²) in [6.45, 7) is 3.63. The maximum absolute atomic E-state index is 13.1. The molecule has 0 amide bonds. The van der Waals surface area contributed by atoms with Crippen LogP contribution in [0.4, 0.5) is 5.69 Å². The topological polar surface area (TPSA) is 94.3 Å². The predicted octanol–water partition coefficient (Wildman–Crippen LogP) is 4.81. The molecule has 4 rings (SSSR count). The van der Waals surface area contributed by atoms with Crippen molar-refractivity contribution in [2.45, 2.75) is 13.8 Å². The third kappa shape index (κ3) is 4.57. The maximum Gasteiger partial charge on any atom is 0.339 e. The smallest absolute Gasteiger partial charge is 0.339 e. The van der Waals surface area contributed by atoms with Crippen molar-refractivity contribution in [1.82, 2.24) is 9.97 Å². The highest BCUT2D eigenvalue weighted by Gasteiger charge is 2.17. The number of hydrogen-bond acceptors (Lipinski definition) is 7. The van der Waals surface area contributed by atoms with Gasteiger partial charge in [0.15, 0.2) is 24.7 Å². The summed E-state index contributed by atoms with van der Waals surface area (Å²) in [5, 5.41) is 3.04. The van der Waals surface area contributed by atoms with Crippen molar-refractivity contribution in [3.05, 3.63) is 101 Å². The van der Waals surface area contributed by atoms with E-state index in [-0.39, 0.29) is 12.5 Å². The number of ketones is 1. The van der Waals surface area contributed by atoms with Crippen LogP contribution in [-0.4, -0.2) is 28.5 Å². The van der Waals surface area contributed by atoms with Gasteiger partial charge in [-0.1, -0.05) is 23.8 Å². The van der Waals surface area contributed by atoms with E-state index in [4.69, 9.17) is 9.15 Å². The summed E-state index contributed by atoms with van der Waals surface area (Å²) in [5.74, 6) is -0.00662. The molecule has 2 aromatic heterocycles. The molecule has 0 fully saturated rings. The van der Waals surface area contributed by atoms with Gasteiger partial charge in [-0.3, -0.25) is 9.78 Å². The number of esters is 1. The van der Waals surface area contributed by atoms with E-state index in [1.54, 1.807) is 67.8 Å². The molecule has 0 unspecified atom stereocenters. The van der Waals surface area contributed by atoms with E-state index < -0.39 is 5.97 Å². The molecular formula is C25H21N3O4. The Morgan fingerprint density at radius 2 is 1.84 bits per heavy atom. The first-order valence-corrected chi connectivity index (χ1v) is 10.00. The van der Waals surface area contributed by atoms with Crippen LogP contribution in [-0.2, 0) is 4.74 Å². The number of pyridine rings is 1. The average Bonchev–Trinajstić information content (AvgIpc) is 3.35. The molecule has 0 aliphatic rings. The summed E-state index contributed by atoms with van der Waals surface area (Å²) in [4.78, 5) is 33.6. The number of anilines is 1. The summed E-state index contributed by atoms with van der Waals surface area (Å²) in [7, 11) is 0. The number of carbonyl (C=O) groups excluding carboxylic acids is 2. The van der Waals surface area contributed by atoms with Gasteiger partial charge in [-0.2, -0.15) is 0 Å². The van der Waals surface area contributed by atoms with Crippen LogP contribution in [0, 0.1) is 13.8 Å². The molecule has 2 aromatic carbocycles. The minimum atomic E-state index is -0.482. The number of rotatable bonds is 7. The van der Waals surface area contributed by atoms with Crippen LogP contribution in [0.2, 0.25) is 0 Å². The van der Waals surface area contributed by atoms with Crippen molar-refractivity contribution >= 4 is 17.4 Å². The number of nitrogens with one attached hydrogen (secondary N) is 1. The lowest BCUT2D eigenvalue weighted by molar-refractivity contribution is 0.0534. The highest BCUT2D eigenvalue weighted by Crippen LogP contribution is 2.23. The van der Waals surface area contributed by atoms with Gasteiger partial charge in [-0.15, -0.1) is 0 Å². The standard InChI is InChI=1S/C25H21N3O4/c1-16-5-10-22(21(12-16)24(29)20-4-3-11-27-17(20)2)28-15-32-25(30)19-8-6-18(7-9-19)23-13-26-14-31-23/h3-14,28H,15H2,1-2H3. The number of nitrogens with zero attached hydrogens (tertiary/aromatic N) is 2. The second-order valence-corrected chi connectivity index (χ2v) is 7.21. The van der Waals surface area contributed by atoms with Crippen LogP contribution in [0.15, 0.2) is 77.8 Å². The summed E-state index contributed by atoms with van der Waals surface area (Å²) in [5.41, 5.74) is 4.43. The minimum Gasteiger partial charge on any atom is -0.444 e. The first kappa shape index (κ1) is 21.0. The molecule has 7 heteroatoms. The van der Waals surface area contributed by atoms with Gasteiger partial charge in [0.05, 0.1) is 11.8 Å². The van der Waals surface area contributed by atoms with Crippen molar-refractivity contribution in [1.29, 1.82) is 0 Å². The Hall–Kier alpha value is -4.26. The van der Waals surface area contributed by atoms with Crippen molar-refractivity contribution in [3.63, 3.8) is 0 Å². The van der Waals surface area contributed by atoms with Crippen LogP contribution in [0.3, 0.4) is 0 Å². The van der Waals surface area contributed by atoms with Gasteiger partial charge in [0.2, 0.25) is 0 Å². The van der Waals surface area contributed by atoms with Crippen molar-refractivity contribution < 1.29 is 18.7 Å². The van der Waals surface area contributed by atoms with Gasteiger partial charge in [-0.25, -0.2) is 9.78 Å². The van der Waals surface area contributed by atoms with Gasteiger partial charge in [-0.05, 0) is 50.2 Å². The molecule has 4 aromatic rings. The molecule has 7 nitrogen and oxygen atoms in total. The molecule has 0 spiro atoms. The van der Waals surface area contributed by atoms with Gasteiger partial charge >= 0.3 is 5.97 Å². The number of aromatic nitrogens is 2. The van der Waals surface area contributed by atoms with Crippen molar-refractivity contribution in [2.75, 3.05) is 12.0 Å². The molecule has 0 saturated heterocycles. The molecule has 0 saturated carbocycles. The third-order valence-corrected chi connectivity index (χ3v) is 4.97. The van der Waals surface area contributed by atoms with Crippen LogP contribution < -0.4 is 5.32 Å². The first-order valence-electron chi connectivity index (χ1n) is 10.00. The predicted molar refractivity (Wildman–Crippen MR) is 119 cm³/mol. The first-order chi connectivity index (χ1) is 15.5. The molecular weight excluding hydrogens is 406 g/mol. The number of ether oxygens (including phenoxy) is 1. The molecule has 0 radical (unpaired) electrons. The molecule has 0 aliphatic heterocycles. The highest BCUT2D eigenvalue weighted by molar-refractivity contribution is 6.13. The van der Waals surface area contributed by atoms with E-state index in [0.29, 0.717) is 33.8 Å². The Bertz CT molecular complexity index is 1250. The fourth-order valence-corrected chi connectivity index (χ4v) is 3.26. The highest BCUT2D eigenvalue weighted by atomic mass is 16.5. The largest absolute Gasteiger partial charge is 0.444 e. The normalized spacial score (nSPS) is 10.6. The monoisotopic (exact) mass is 427 g/mol. The SMILES string of the molecule is Cc1ccc(NCOC(=O)c2ccc(-c3cnco3)cc2)c(C(=O)c2cccnc2C)c1. The van der Waals surface area contributed by atoms with E-state index in [2.05, 4.69) is 15.3 Å². The quantitative estimate of drug-likeness (QED) is 0.257. The van der Waals surface area contributed by atoms with Gasteiger partial charge in [0.25, 0.3) is 0 Å². The summed E-state index contributed by atoms with van der Waals surface area (Å²) < 4.78 is 10.6. The fraction of sp³-hybridized carbons (Fsp3) is 0.120. The van der Waals surface area contributed by atoms with Gasteiger partial charge in [0.1, 0.15) is 0 Å². The zero-order chi connectivity index (χ0) is 22.5. The molecule has 2 heterocycles. The molecule has 0 atom stereocenters. The lowest BCUT2D eigenvalue weighted by Crippen LogP contribution is -2.15. The van der Waals surface area contributed by atoms with E-state index in [9.17, 15) is 9.59 Å². The van der Waals surface area contributed by atoms with Crippen molar-refractivity contribution in [3.8, 4) is 11.3 Å². The second-order valence-electron chi connectivity index (χ2n) is 7.21. The van der Waals surface area contributed by atoms with Crippen LogP contribution in [0.1, 0.15) is 37.5 Å². The average molecular weight is 427 g/mol. The number of aryl methyl sites for hydroxylation is 2. The molecule has 0 aliphatic carbocycles.